The third-order valence-corrected chi connectivity index (χ3v) is 7.20. The number of amides is 1. The molecule has 3 rings (SSSR count). The van der Waals surface area contributed by atoms with Gasteiger partial charge >= 0.3 is 0 Å². The molecule has 138 valence electrons. The van der Waals surface area contributed by atoms with Gasteiger partial charge in [-0.05, 0) is 47.3 Å². The highest BCUT2D eigenvalue weighted by molar-refractivity contribution is 5.76. The Kier molecular flexibility index (Phi) is 4.53. The van der Waals surface area contributed by atoms with Crippen LogP contribution in [0.3, 0.4) is 0 Å². The number of ether oxygens (including phenoxy) is 2. The van der Waals surface area contributed by atoms with Gasteiger partial charge in [0.25, 0.3) is 0 Å². The van der Waals surface area contributed by atoms with E-state index < -0.39 is 0 Å². The van der Waals surface area contributed by atoms with E-state index in [1.165, 1.54) is 12.8 Å². The minimum absolute atomic E-state index is 0.134. The summed E-state index contributed by atoms with van der Waals surface area (Å²) in [7, 11) is 1.65. The van der Waals surface area contributed by atoms with E-state index in [9.17, 15) is 4.79 Å². The van der Waals surface area contributed by atoms with Gasteiger partial charge in [0.15, 0.2) is 0 Å². The Hall–Kier alpha value is -0.610. The highest BCUT2D eigenvalue weighted by Gasteiger charge is 2.69. The predicted molar refractivity (Wildman–Crippen MR) is 94.7 cm³/mol. The van der Waals surface area contributed by atoms with Gasteiger partial charge in [-0.25, -0.2) is 0 Å². The molecule has 1 saturated heterocycles. The van der Waals surface area contributed by atoms with Crippen LogP contribution in [-0.2, 0) is 14.3 Å². The molecule has 1 aliphatic heterocycles. The van der Waals surface area contributed by atoms with Crippen LogP contribution in [-0.4, -0.2) is 38.4 Å². The maximum atomic E-state index is 12.4. The van der Waals surface area contributed by atoms with Crippen molar-refractivity contribution in [1.29, 1.82) is 0 Å². The first-order chi connectivity index (χ1) is 11.1. The zero-order valence-corrected chi connectivity index (χ0v) is 16.3. The zero-order valence-electron chi connectivity index (χ0n) is 16.3. The van der Waals surface area contributed by atoms with Crippen LogP contribution in [0.25, 0.3) is 0 Å². The summed E-state index contributed by atoms with van der Waals surface area (Å²) in [6.07, 6.45) is 4.33. The Morgan fingerprint density at radius 1 is 1.33 bits per heavy atom. The molecule has 2 bridgehead atoms. The first-order valence-electron chi connectivity index (χ1n) is 9.53. The van der Waals surface area contributed by atoms with Gasteiger partial charge in [-0.2, -0.15) is 0 Å². The molecular weight excluding hydrogens is 302 g/mol. The van der Waals surface area contributed by atoms with Crippen molar-refractivity contribution in [2.75, 3.05) is 20.3 Å². The molecule has 0 aromatic rings. The monoisotopic (exact) mass is 337 g/mol. The molecule has 1 amide bonds. The lowest BCUT2D eigenvalue weighted by molar-refractivity contribution is -0.160. The van der Waals surface area contributed by atoms with Crippen molar-refractivity contribution in [3.8, 4) is 0 Å². The quantitative estimate of drug-likeness (QED) is 0.855. The van der Waals surface area contributed by atoms with E-state index in [-0.39, 0.29) is 28.2 Å². The van der Waals surface area contributed by atoms with Crippen molar-refractivity contribution in [3.05, 3.63) is 0 Å². The molecule has 1 heterocycles. The van der Waals surface area contributed by atoms with Crippen LogP contribution in [0, 0.1) is 28.1 Å². The minimum atomic E-state index is 0.134. The van der Waals surface area contributed by atoms with Crippen LogP contribution in [0.4, 0.5) is 0 Å². The normalized spacial score (nSPS) is 40.4. The number of fused-ring (bicyclic) bond motifs is 1. The lowest BCUT2D eigenvalue weighted by Crippen LogP contribution is -2.61. The van der Waals surface area contributed by atoms with Gasteiger partial charge in [-0.15, -0.1) is 0 Å². The Morgan fingerprint density at radius 2 is 2.04 bits per heavy atom. The van der Waals surface area contributed by atoms with Crippen molar-refractivity contribution in [2.45, 2.75) is 72.4 Å². The van der Waals surface area contributed by atoms with Crippen molar-refractivity contribution in [2.24, 2.45) is 28.1 Å². The van der Waals surface area contributed by atoms with Crippen molar-refractivity contribution >= 4 is 5.91 Å². The lowest BCUT2D eigenvalue weighted by atomic mass is 9.57. The number of carbonyl (C=O) groups is 1. The summed E-state index contributed by atoms with van der Waals surface area (Å²) in [5, 5.41) is 3.42. The summed E-state index contributed by atoms with van der Waals surface area (Å²) in [5.41, 5.74) is 0.531. The molecule has 1 unspecified atom stereocenters. The third kappa shape index (κ3) is 2.70. The van der Waals surface area contributed by atoms with Gasteiger partial charge in [0.2, 0.25) is 5.91 Å². The summed E-state index contributed by atoms with van der Waals surface area (Å²) in [5.74, 6) is 1.38. The highest BCUT2D eigenvalue weighted by Crippen LogP contribution is 2.69. The zero-order chi connectivity index (χ0) is 17.8. The largest absolute Gasteiger partial charge is 0.384 e. The van der Waals surface area contributed by atoms with Gasteiger partial charge in [0.05, 0.1) is 12.7 Å². The predicted octanol–water partition coefficient (Wildman–Crippen LogP) is 3.40. The van der Waals surface area contributed by atoms with Crippen molar-refractivity contribution < 1.29 is 14.3 Å². The topological polar surface area (TPSA) is 47.6 Å². The smallest absolute Gasteiger partial charge is 0.222 e. The Morgan fingerprint density at radius 3 is 2.67 bits per heavy atom. The number of nitrogens with one attached hydrogen (secondary N) is 1. The first-order valence-corrected chi connectivity index (χ1v) is 9.53. The van der Waals surface area contributed by atoms with Crippen LogP contribution >= 0.6 is 0 Å². The number of hydrogen-bond acceptors (Lipinski definition) is 3. The fraction of sp³-hybridized carbons (Fsp3) is 0.950. The summed E-state index contributed by atoms with van der Waals surface area (Å²) in [6.45, 7) is 12.9. The molecule has 1 N–H and O–H groups in total. The third-order valence-electron chi connectivity index (χ3n) is 7.20. The maximum absolute atomic E-state index is 12.4. The minimum Gasteiger partial charge on any atom is -0.384 e. The van der Waals surface area contributed by atoms with Crippen molar-refractivity contribution in [1.82, 2.24) is 5.32 Å². The lowest BCUT2D eigenvalue weighted by Gasteiger charge is -2.55. The van der Waals surface area contributed by atoms with Crippen LogP contribution in [0.1, 0.15) is 60.3 Å². The second-order valence-electron chi connectivity index (χ2n) is 9.95. The van der Waals surface area contributed by atoms with E-state index in [1.54, 1.807) is 7.11 Å². The Labute approximate surface area is 147 Å². The SMILES string of the molecule is COCCC(=O)N[C@@H]1C(C)(C)[C@@H]2C[C@@H]3[C@@H](C(C)(C)C)OCCC31C2. The molecule has 4 nitrogen and oxygen atoms in total. The molecule has 5 atom stereocenters. The summed E-state index contributed by atoms with van der Waals surface area (Å²) >= 11 is 0. The first kappa shape index (κ1) is 18.2. The Balaban J connectivity index is 1.86. The summed E-state index contributed by atoms with van der Waals surface area (Å²) in [6, 6.07) is 0.256. The number of rotatable bonds is 4. The van der Waals surface area contributed by atoms with Crippen LogP contribution in [0.5, 0.6) is 0 Å². The van der Waals surface area contributed by atoms with Crippen LogP contribution < -0.4 is 5.32 Å². The van der Waals surface area contributed by atoms with Gasteiger partial charge in [0, 0.05) is 26.2 Å². The molecule has 0 radical (unpaired) electrons. The molecule has 24 heavy (non-hydrogen) atoms. The molecule has 2 aliphatic carbocycles. The van der Waals surface area contributed by atoms with Crippen LogP contribution in [0.15, 0.2) is 0 Å². The number of hydrogen-bond donors (Lipinski definition) is 1. The van der Waals surface area contributed by atoms with Crippen LogP contribution in [0.2, 0.25) is 0 Å². The molecular formula is C20H35NO3. The Bertz CT molecular complexity index is 496. The number of carbonyl (C=O) groups excluding carboxylic acids is 1. The fourth-order valence-corrected chi connectivity index (χ4v) is 6.07. The maximum Gasteiger partial charge on any atom is 0.222 e. The number of methoxy groups -OCH3 is 1. The fourth-order valence-electron chi connectivity index (χ4n) is 6.07. The molecule has 4 heteroatoms. The van der Waals surface area contributed by atoms with E-state index in [0.717, 1.165) is 13.0 Å². The van der Waals surface area contributed by atoms with E-state index >= 15 is 0 Å². The molecule has 2 saturated carbocycles. The average molecular weight is 338 g/mol. The van der Waals surface area contributed by atoms with Gasteiger partial charge in [-0.3, -0.25) is 4.79 Å². The molecule has 1 spiro atoms. The van der Waals surface area contributed by atoms with Crippen molar-refractivity contribution in [3.63, 3.8) is 0 Å². The van der Waals surface area contributed by atoms with E-state index in [4.69, 9.17) is 9.47 Å². The molecule has 3 aliphatic rings. The summed E-state index contributed by atoms with van der Waals surface area (Å²) < 4.78 is 11.3. The standard InChI is InChI=1S/C20H35NO3/c1-18(2,3)16-14-11-13-12-20(14,8-10-24-16)17(19(13,4)5)21-15(22)7-9-23-6/h13-14,16-17H,7-12H2,1-6H3,(H,21,22)/t13-,14-,16+,17-,20?/m1/s1. The second kappa shape index (κ2) is 5.98. The second-order valence-corrected chi connectivity index (χ2v) is 9.95. The van der Waals surface area contributed by atoms with Gasteiger partial charge in [0.1, 0.15) is 0 Å². The molecule has 3 fully saturated rings. The highest BCUT2D eigenvalue weighted by atomic mass is 16.5. The average Bonchev–Trinajstić information content (AvgIpc) is 2.97. The van der Waals surface area contributed by atoms with E-state index in [0.29, 0.717) is 31.0 Å². The van der Waals surface area contributed by atoms with Gasteiger partial charge < -0.3 is 14.8 Å². The molecule has 0 aromatic carbocycles. The molecule has 0 aromatic heterocycles. The van der Waals surface area contributed by atoms with E-state index in [1.807, 2.05) is 0 Å². The summed E-state index contributed by atoms with van der Waals surface area (Å²) in [4.78, 5) is 12.4. The van der Waals surface area contributed by atoms with E-state index in [2.05, 4.69) is 39.9 Å². The van der Waals surface area contributed by atoms with Gasteiger partial charge in [-0.1, -0.05) is 34.6 Å².